The SMILES string of the molecule is O=P(O)(O)O.[Na].[Y]. The summed E-state index contributed by atoms with van der Waals surface area (Å²) in [7, 11) is -4.64. The zero-order valence-electron chi connectivity index (χ0n) is 3.77. The van der Waals surface area contributed by atoms with Crippen molar-refractivity contribution in [2.75, 3.05) is 0 Å². The molecule has 0 aromatic carbocycles. The molecule has 3 N–H and O–H groups in total. The first-order valence-electron chi connectivity index (χ1n) is 0.783. The Morgan fingerprint density at radius 2 is 1.14 bits per heavy atom. The van der Waals surface area contributed by atoms with Crippen LogP contribution in [0.1, 0.15) is 0 Å². The van der Waals surface area contributed by atoms with Gasteiger partial charge in [-0.1, -0.05) is 0 Å². The standard InChI is InChI=1S/Na.H3O4P.Y/c;1-5(2,3)4;/h;(H3,1,2,3,4);. The van der Waals surface area contributed by atoms with Crippen molar-refractivity contribution < 1.29 is 52.0 Å². The molecule has 0 aromatic heterocycles. The second kappa shape index (κ2) is 6.34. The van der Waals surface area contributed by atoms with Gasteiger partial charge in [0.1, 0.15) is 0 Å². The van der Waals surface area contributed by atoms with E-state index in [4.69, 9.17) is 19.2 Å². The van der Waals surface area contributed by atoms with Crippen LogP contribution >= 0.6 is 7.82 Å². The van der Waals surface area contributed by atoms with Gasteiger partial charge in [-0.15, -0.1) is 0 Å². The van der Waals surface area contributed by atoms with Gasteiger partial charge in [-0.2, -0.15) is 0 Å². The summed E-state index contributed by atoms with van der Waals surface area (Å²) in [6, 6.07) is 0. The second-order valence-electron chi connectivity index (χ2n) is 0.513. The van der Waals surface area contributed by atoms with Gasteiger partial charge >= 0.3 is 7.82 Å². The van der Waals surface area contributed by atoms with E-state index < -0.39 is 7.82 Å². The molecule has 0 aliphatic heterocycles. The van der Waals surface area contributed by atoms with Gasteiger partial charge < -0.3 is 14.7 Å². The van der Waals surface area contributed by atoms with Crippen molar-refractivity contribution in [1.82, 2.24) is 0 Å². The fourth-order valence-corrected chi connectivity index (χ4v) is 0. The first-order valence-corrected chi connectivity index (χ1v) is 2.35. The summed E-state index contributed by atoms with van der Waals surface area (Å²) in [6.07, 6.45) is 0. The average Bonchev–Trinajstić information content (AvgIpc) is 0.722. The molecule has 0 atom stereocenters. The van der Waals surface area contributed by atoms with Crippen LogP contribution in [0.4, 0.5) is 0 Å². The third-order valence-electron chi connectivity index (χ3n) is 0. The predicted molar refractivity (Wildman–Crippen MR) is 20.0 cm³/mol. The maximum Gasteiger partial charge on any atom is 0.466 e. The van der Waals surface area contributed by atoms with E-state index in [1.807, 2.05) is 0 Å². The van der Waals surface area contributed by atoms with Crippen molar-refractivity contribution >= 4 is 37.4 Å². The van der Waals surface area contributed by atoms with E-state index in [1.54, 1.807) is 0 Å². The van der Waals surface area contributed by atoms with E-state index in [9.17, 15) is 0 Å². The van der Waals surface area contributed by atoms with E-state index in [1.165, 1.54) is 0 Å². The Kier molecular flexibility index (Phi) is 14.6. The quantitative estimate of drug-likeness (QED) is 0.342. The molecule has 0 spiro atoms. The molecule has 0 rings (SSSR count). The van der Waals surface area contributed by atoms with Crippen molar-refractivity contribution in [3.05, 3.63) is 0 Å². The van der Waals surface area contributed by atoms with Gasteiger partial charge in [-0.3, -0.25) is 0 Å². The maximum absolute atomic E-state index is 8.88. The van der Waals surface area contributed by atoms with Gasteiger partial charge in [0.2, 0.25) is 0 Å². The van der Waals surface area contributed by atoms with Gasteiger partial charge in [0, 0.05) is 62.3 Å². The summed E-state index contributed by atoms with van der Waals surface area (Å²) < 4.78 is 8.88. The van der Waals surface area contributed by atoms with Gasteiger partial charge in [-0.05, 0) is 0 Å². The Hall–Kier alpha value is 2.21. The van der Waals surface area contributed by atoms with Crippen molar-refractivity contribution in [3.8, 4) is 0 Å². The molecule has 2 radical (unpaired) electrons. The molecule has 0 saturated carbocycles. The predicted octanol–water partition coefficient (Wildman–Crippen LogP) is -1.31. The van der Waals surface area contributed by atoms with Crippen molar-refractivity contribution in [2.24, 2.45) is 0 Å². The van der Waals surface area contributed by atoms with Crippen LogP contribution in [0.3, 0.4) is 0 Å². The molecule has 0 bridgehead atoms. The Labute approximate surface area is 88.1 Å². The van der Waals surface area contributed by atoms with Gasteiger partial charge in [0.15, 0.2) is 0 Å². The van der Waals surface area contributed by atoms with E-state index in [0.717, 1.165) is 0 Å². The fraction of sp³-hybridized carbons (Fsp3) is 0. The van der Waals surface area contributed by atoms with Crippen LogP contribution in [0.5, 0.6) is 0 Å². The van der Waals surface area contributed by atoms with Crippen molar-refractivity contribution in [2.45, 2.75) is 0 Å². The monoisotopic (exact) mass is 210 g/mol. The average molecular weight is 210 g/mol. The number of phosphoric acid groups is 1. The molecule has 0 aromatic rings. The minimum absolute atomic E-state index is 0. The molecule has 7 heteroatoms. The molecule has 0 aliphatic rings. The van der Waals surface area contributed by atoms with E-state index in [0.29, 0.717) is 0 Å². The minimum atomic E-state index is -4.64. The maximum atomic E-state index is 8.88. The molecule has 0 heterocycles. The van der Waals surface area contributed by atoms with Crippen molar-refractivity contribution in [3.63, 3.8) is 0 Å². The van der Waals surface area contributed by atoms with E-state index in [2.05, 4.69) is 0 Å². The summed E-state index contributed by atoms with van der Waals surface area (Å²) in [5.74, 6) is 0. The van der Waals surface area contributed by atoms with Crippen LogP contribution in [-0.2, 0) is 37.3 Å². The third-order valence-corrected chi connectivity index (χ3v) is 0. The largest absolute Gasteiger partial charge is 0.466 e. The van der Waals surface area contributed by atoms with Crippen molar-refractivity contribution in [1.29, 1.82) is 0 Å². The van der Waals surface area contributed by atoms with Crippen LogP contribution in [-0.4, -0.2) is 44.2 Å². The molecule has 0 unspecified atom stereocenters. The molecule has 7 heavy (non-hydrogen) atoms. The molecule has 36 valence electrons. The summed E-state index contributed by atoms with van der Waals surface area (Å²) in [4.78, 5) is 21.6. The van der Waals surface area contributed by atoms with Gasteiger partial charge in [-0.25, -0.2) is 4.57 Å². The summed E-state index contributed by atoms with van der Waals surface area (Å²) in [6.45, 7) is 0. The van der Waals surface area contributed by atoms with E-state index >= 15 is 0 Å². The molecule has 0 saturated heterocycles. The molecule has 0 fully saturated rings. The first kappa shape index (κ1) is 16.1. The molecular weight excluding hydrogens is 207 g/mol. The van der Waals surface area contributed by atoms with Crippen LogP contribution in [0.2, 0.25) is 0 Å². The van der Waals surface area contributed by atoms with E-state index in [-0.39, 0.29) is 62.3 Å². The van der Waals surface area contributed by atoms with Crippen LogP contribution in [0, 0.1) is 0 Å². The molecule has 0 amide bonds. The number of hydrogen-bond acceptors (Lipinski definition) is 1. The number of rotatable bonds is 0. The summed E-state index contributed by atoms with van der Waals surface area (Å²) in [5, 5.41) is 0. The van der Waals surface area contributed by atoms with Crippen LogP contribution < -0.4 is 0 Å². The van der Waals surface area contributed by atoms with Crippen LogP contribution in [0.25, 0.3) is 0 Å². The van der Waals surface area contributed by atoms with Gasteiger partial charge in [0.05, 0.1) is 0 Å². The summed E-state index contributed by atoms with van der Waals surface area (Å²) >= 11 is 0. The minimum Gasteiger partial charge on any atom is -0.303 e. The Bertz CT molecular complexity index is 57.8. The Morgan fingerprint density at radius 3 is 1.14 bits per heavy atom. The molecular formula is H3NaO4PY. The molecule has 0 aliphatic carbocycles. The first-order chi connectivity index (χ1) is 2.00. The zero-order valence-corrected chi connectivity index (χ0v) is 9.51. The van der Waals surface area contributed by atoms with Gasteiger partial charge in [0.25, 0.3) is 0 Å². The Balaban J connectivity index is -0.0000000800. The van der Waals surface area contributed by atoms with Crippen LogP contribution in [0.15, 0.2) is 0 Å². The Morgan fingerprint density at radius 1 is 1.14 bits per heavy atom. The smallest absolute Gasteiger partial charge is 0.303 e. The summed E-state index contributed by atoms with van der Waals surface area (Å²) in [5.41, 5.74) is 0. The molecule has 4 nitrogen and oxygen atoms in total. The fourth-order valence-electron chi connectivity index (χ4n) is 0. The zero-order chi connectivity index (χ0) is 4.50. The second-order valence-corrected chi connectivity index (χ2v) is 1.54. The third kappa shape index (κ3) is 64.7. The normalized spacial score (nSPS) is 8.43. The number of hydrogen-bond donors (Lipinski definition) is 3. The topological polar surface area (TPSA) is 77.8 Å².